The lowest BCUT2D eigenvalue weighted by atomic mass is 10.2. The molecule has 6 heteroatoms. The molecule has 0 saturated carbocycles. The smallest absolute Gasteiger partial charge is 0.344 e. The molecule has 17 heavy (non-hydrogen) atoms. The largest absolute Gasteiger partial charge is 0.480 e. The van der Waals surface area contributed by atoms with Gasteiger partial charge in [0.2, 0.25) is 0 Å². The summed E-state index contributed by atoms with van der Waals surface area (Å²) in [5.41, 5.74) is 0.585. The predicted molar refractivity (Wildman–Crippen MR) is 79.4 cm³/mol. The van der Waals surface area contributed by atoms with Crippen LogP contribution in [0.5, 0.6) is 5.75 Å². The number of hydrogen-bond acceptors (Lipinski definition) is 4. The Labute approximate surface area is 126 Å². The number of ether oxygens (including phenoxy) is 2. The zero-order valence-electron chi connectivity index (χ0n) is 9.04. The van der Waals surface area contributed by atoms with Crippen molar-refractivity contribution in [1.29, 1.82) is 0 Å². The van der Waals surface area contributed by atoms with Crippen LogP contribution in [0.4, 0.5) is 0 Å². The van der Waals surface area contributed by atoms with Crippen molar-refractivity contribution in [3.8, 4) is 5.75 Å². The van der Waals surface area contributed by atoms with Gasteiger partial charge in [-0.1, -0.05) is 0 Å². The lowest BCUT2D eigenvalue weighted by molar-refractivity contribution is -0.145. The third kappa shape index (κ3) is 4.41. The van der Waals surface area contributed by atoms with Gasteiger partial charge in [0.15, 0.2) is 6.61 Å². The van der Waals surface area contributed by atoms with Gasteiger partial charge in [-0.25, -0.2) is 4.79 Å². The first-order valence-corrected chi connectivity index (χ1v) is 6.96. The molecule has 0 aliphatic heterocycles. The van der Waals surface area contributed by atoms with Gasteiger partial charge in [0.25, 0.3) is 0 Å². The second-order valence-corrected chi connectivity index (χ2v) is 5.35. The molecular weight excluding hydrogens is 450 g/mol. The summed E-state index contributed by atoms with van der Waals surface area (Å²) in [6, 6.07) is 3.41. The number of carbonyl (C=O) groups excluding carboxylic acids is 2. The first kappa shape index (κ1) is 14.7. The van der Waals surface area contributed by atoms with E-state index < -0.39 is 5.97 Å². The minimum absolute atomic E-state index is 0.125. The lowest BCUT2D eigenvalue weighted by Crippen LogP contribution is -2.15. The standard InChI is InChI=1S/C11H10I2O4/c1-2-16-10(15)6-17-11-8(12)3-7(5-14)4-9(11)13/h3-5H,2,6H2,1H3. The van der Waals surface area contributed by atoms with Gasteiger partial charge in [-0.15, -0.1) is 0 Å². The molecule has 0 radical (unpaired) electrons. The molecule has 4 nitrogen and oxygen atoms in total. The van der Waals surface area contributed by atoms with Crippen LogP contribution in [0.15, 0.2) is 12.1 Å². The summed E-state index contributed by atoms with van der Waals surface area (Å²) in [6.45, 7) is 1.95. The van der Waals surface area contributed by atoms with Gasteiger partial charge in [0.05, 0.1) is 13.7 Å². The molecule has 0 fully saturated rings. The highest BCUT2D eigenvalue weighted by Crippen LogP contribution is 2.28. The molecule has 0 spiro atoms. The lowest BCUT2D eigenvalue weighted by Gasteiger charge is -2.10. The SMILES string of the molecule is CCOC(=O)COc1c(I)cc(C=O)cc1I. The van der Waals surface area contributed by atoms with Crippen LogP contribution in [0.1, 0.15) is 17.3 Å². The van der Waals surface area contributed by atoms with E-state index in [0.29, 0.717) is 17.9 Å². The van der Waals surface area contributed by atoms with Gasteiger partial charge in [0, 0.05) is 5.56 Å². The maximum Gasteiger partial charge on any atom is 0.344 e. The molecule has 1 rings (SSSR count). The van der Waals surface area contributed by atoms with E-state index in [9.17, 15) is 9.59 Å². The quantitative estimate of drug-likeness (QED) is 0.386. The summed E-state index contributed by atoms with van der Waals surface area (Å²) in [6.07, 6.45) is 0.777. The van der Waals surface area contributed by atoms with Crippen molar-refractivity contribution in [2.45, 2.75) is 6.92 Å². The Kier molecular flexibility index (Phi) is 6.17. The van der Waals surface area contributed by atoms with Crippen LogP contribution < -0.4 is 4.74 Å². The summed E-state index contributed by atoms with van der Waals surface area (Å²) >= 11 is 4.12. The summed E-state index contributed by atoms with van der Waals surface area (Å²) in [5, 5.41) is 0. The number of carbonyl (C=O) groups is 2. The Balaban J connectivity index is 2.78. The maximum atomic E-state index is 11.2. The second kappa shape index (κ2) is 7.14. The van der Waals surface area contributed by atoms with Crippen LogP contribution in [-0.4, -0.2) is 25.5 Å². The summed E-state index contributed by atoms with van der Waals surface area (Å²) < 4.78 is 11.7. The van der Waals surface area contributed by atoms with Crippen molar-refractivity contribution in [3.63, 3.8) is 0 Å². The number of benzene rings is 1. The minimum Gasteiger partial charge on any atom is -0.480 e. The van der Waals surface area contributed by atoms with Crippen LogP contribution in [0, 0.1) is 7.14 Å². The normalized spacial score (nSPS) is 9.82. The number of hydrogen-bond donors (Lipinski definition) is 0. The van der Waals surface area contributed by atoms with E-state index in [-0.39, 0.29) is 6.61 Å². The average Bonchev–Trinajstić information content (AvgIpc) is 2.28. The van der Waals surface area contributed by atoms with Gasteiger partial charge >= 0.3 is 5.97 Å². The Morgan fingerprint density at radius 1 is 1.35 bits per heavy atom. The van der Waals surface area contributed by atoms with E-state index >= 15 is 0 Å². The third-order valence-electron chi connectivity index (χ3n) is 1.80. The fraction of sp³-hybridized carbons (Fsp3) is 0.273. The highest BCUT2D eigenvalue weighted by Gasteiger charge is 2.11. The van der Waals surface area contributed by atoms with Gasteiger partial charge in [-0.05, 0) is 64.2 Å². The molecule has 0 unspecified atom stereocenters. The molecule has 0 aliphatic rings. The van der Waals surface area contributed by atoms with Gasteiger partial charge < -0.3 is 9.47 Å². The summed E-state index contributed by atoms with van der Waals surface area (Å²) in [5.74, 6) is 0.198. The van der Waals surface area contributed by atoms with Crippen molar-refractivity contribution in [2.24, 2.45) is 0 Å². The maximum absolute atomic E-state index is 11.2. The first-order chi connectivity index (χ1) is 8.08. The topological polar surface area (TPSA) is 52.6 Å². The van der Waals surface area contributed by atoms with E-state index in [1.165, 1.54) is 0 Å². The summed E-state index contributed by atoms with van der Waals surface area (Å²) in [7, 11) is 0. The van der Waals surface area contributed by atoms with E-state index in [0.717, 1.165) is 13.4 Å². The number of esters is 1. The molecule has 1 aromatic rings. The fourth-order valence-electron chi connectivity index (χ4n) is 1.12. The predicted octanol–water partition coefficient (Wildman–Crippen LogP) is 2.65. The first-order valence-electron chi connectivity index (χ1n) is 4.81. The monoisotopic (exact) mass is 460 g/mol. The van der Waals surface area contributed by atoms with Crippen molar-refractivity contribution in [2.75, 3.05) is 13.2 Å². The van der Waals surface area contributed by atoms with Crippen LogP contribution in [0.25, 0.3) is 0 Å². The number of aldehydes is 1. The Morgan fingerprint density at radius 3 is 2.41 bits per heavy atom. The number of halogens is 2. The van der Waals surface area contributed by atoms with Crippen molar-refractivity contribution >= 4 is 57.4 Å². The molecule has 1 aromatic carbocycles. The van der Waals surface area contributed by atoms with E-state index in [1.54, 1.807) is 19.1 Å². The van der Waals surface area contributed by atoms with E-state index in [2.05, 4.69) is 45.2 Å². The van der Waals surface area contributed by atoms with E-state index in [4.69, 9.17) is 9.47 Å². The van der Waals surface area contributed by atoms with Gasteiger partial charge in [-0.3, -0.25) is 4.79 Å². The van der Waals surface area contributed by atoms with Crippen molar-refractivity contribution < 1.29 is 19.1 Å². The van der Waals surface area contributed by atoms with Crippen LogP contribution in [0.3, 0.4) is 0 Å². The molecule has 0 amide bonds. The zero-order valence-corrected chi connectivity index (χ0v) is 13.4. The average molecular weight is 460 g/mol. The van der Waals surface area contributed by atoms with Crippen LogP contribution >= 0.6 is 45.2 Å². The molecule has 0 N–H and O–H groups in total. The molecule has 0 bridgehead atoms. The second-order valence-electron chi connectivity index (χ2n) is 3.03. The zero-order chi connectivity index (χ0) is 12.8. The van der Waals surface area contributed by atoms with Crippen molar-refractivity contribution in [3.05, 3.63) is 24.8 Å². The molecule has 92 valence electrons. The third-order valence-corrected chi connectivity index (χ3v) is 3.40. The van der Waals surface area contributed by atoms with Gasteiger partial charge in [-0.2, -0.15) is 0 Å². The Bertz CT molecular complexity index is 408. The molecule has 0 atom stereocenters. The Morgan fingerprint density at radius 2 is 1.94 bits per heavy atom. The van der Waals surface area contributed by atoms with Crippen molar-refractivity contribution in [1.82, 2.24) is 0 Å². The van der Waals surface area contributed by atoms with Gasteiger partial charge in [0.1, 0.15) is 12.0 Å². The van der Waals surface area contributed by atoms with E-state index in [1.807, 2.05) is 0 Å². The number of rotatable bonds is 5. The van der Waals surface area contributed by atoms with Crippen LogP contribution in [-0.2, 0) is 9.53 Å². The fourth-order valence-corrected chi connectivity index (χ4v) is 3.25. The molecule has 0 aromatic heterocycles. The molecule has 0 saturated heterocycles. The Hall–Kier alpha value is -0.380. The molecule has 0 aliphatic carbocycles. The summed E-state index contributed by atoms with van der Waals surface area (Å²) in [4.78, 5) is 21.8. The minimum atomic E-state index is -0.404. The van der Waals surface area contributed by atoms with Crippen LogP contribution in [0.2, 0.25) is 0 Å². The highest BCUT2D eigenvalue weighted by molar-refractivity contribution is 14.1. The highest BCUT2D eigenvalue weighted by atomic mass is 127. The molecule has 0 heterocycles. The molecular formula is C11H10I2O4.